The molecule has 3 atom stereocenters. The average molecular weight is 142 g/mol. The third-order valence-corrected chi connectivity index (χ3v) is 2.71. The lowest BCUT2D eigenvalue weighted by Crippen LogP contribution is -2.33. The smallest absolute Gasteiger partial charge is 0.0861 e. The summed E-state index contributed by atoms with van der Waals surface area (Å²) in [6.45, 7) is 4.99. The standard InChI is InChI=1S/C8H14O2/c1-6-2-3-10-8-5-9-4-7(6)8/h6-8H,2-5H2,1H3/t6-,7-,8-/m0/s1. The van der Waals surface area contributed by atoms with E-state index in [2.05, 4.69) is 6.92 Å². The maximum atomic E-state index is 5.55. The van der Waals surface area contributed by atoms with Crippen molar-refractivity contribution in [1.82, 2.24) is 0 Å². The Morgan fingerprint density at radius 1 is 1.30 bits per heavy atom. The van der Waals surface area contributed by atoms with Gasteiger partial charge >= 0.3 is 0 Å². The zero-order valence-electron chi connectivity index (χ0n) is 6.38. The average Bonchev–Trinajstić information content (AvgIpc) is 2.36. The summed E-state index contributed by atoms with van der Waals surface area (Å²) in [6, 6.07) is 0. The van der Waals surface area contributed by atoms with Gasteiger partial charge in [-0.1, -0.05) is 6.92 Å². The van der Waals surface area contributed by atoms with Crippen LogP contribution in [-0.4, -0.2) is 25.9 Å². The zero-order valence-corrected chi connectivity index (χ0v) is 6.38. The van der Waals surface area contributed by atoms with Crippen molar-refractivity contribution in [3.05, 3.63) is 0 Å². The summed E-state index contributed by atoms with van der Waals surface area (Å²) in [7, 11) is 0. The second-order valence-corrected chi connectivity index (χ2v) is 3.38. The van der Waals surface area contributed by atoms with Crippen molar-refractivity contribution in [1.29, 1.82) is 0 Å². The Balaban J connectivity index is 2.03. The Bertz CT molecular complexity index is 124. The molecule has 2 heterocycles. The molecule has 58 valence electrons. The predicted molar refractivity (Wildman–Crippen MR) is 37.8 cm³/mol. The van der Waals surface area contributed by atoms with Crippen LogP contribution < -0.4 is 0 Å². The first-order chi connectivity index (χ1) is 4.88. The van der Waals surface area contributed by atoms with Crippen molar-refractivity contribution in [2.24, 2.45) is 11.8 Å². The molecule has 2 aliphatic heterocycles. The Labute approximate surface area is 61.5 Å². The van der Waals surface area contributed by atoms with Crippen molar-refractivity contribution in [3.63, 3.8) is 0 Å². The van der Waals surface area contributed by atoms with Gasteiger partial charge in [0.05, 0.1) is 19.3 Å². The third-order valence-electron chi connectivity index (χ3n) is 2.71. The molecule has 2 fully saturated rings. The van der Waals surface area contributed by atoms with Crippen LogP contribution in [-0.2, 0) is 9.47 Å². The number of hydrogen-bond acceptors (Lipinski definition) is 2. The normalized spacial score (nSPS) is 47.1. The molecule has 0 aromatic rings. The van der Waals surface area contributed by atoms with E-state index in [4.69, 9.17) is 9.47 Å². The van der Waals surface area contributed by atoms with Crippen LogP contribution >= 0.6 is 0 Å². The quantitative estimate of drug-likeness (QED) is 0.503. The second kappa shape index (κ2) is 2.51. The van der Waals surface area contributed by atoms with E-state index >= 15 is 0 Å². The van der Waals surface area contributed by atoms with E-state index in [1.165, 1.54) is 6.42 Å². The van der Waals surface area contributed by atoms with Crippen LogP contribution in [0.15, 0.2) is 0 Å². The van der Waals surface area contributed by atoms with Gasteiger partial charge in [0, 0.05) is 12.5 Å². The summed E-state index contributed by atoms with van der Waals surface area (Å²) in [5.74, 6) is 1.50. The van der Waals surface area contributed by atoms with Crippen LogP contribution in [0.1, 0.15) is 13.3 Å². The Morgan fingerprint density at radius 3 is 3.00 bits per heavy atom. The zero-order chi connectivity index (χ0) is 6.97. The fourth-order valence-corrected chi connectivity index (χ4v) is 1.87. The summed E-state index contributed by atoms with van der Waals surface area (Å²) in [5.41, 5.74) is 0. The van der Waals surface area contributed by atoms with E-state index < -0.39 is 0 Å². The molecule has 0 bridgehead atoms. The molecule has 0 aliphatic carbocycles. The highest BCUT2D eigenvalue weighted by Crippen LogP contribution is 2.30. The predicted octanol–water partition coefficient (Wildman–Crippen LogP) is 1.06. The fraction of sp³-hybridized carbons (Fsp3) is 1.00. The number of hydrogen-bond donors (Lipinski definition) is 0. The molecule has 0 spiro atoms. The minimum atomic E-state index is 0.420. The topological polar surface area (TPSA) is 18.5 Å². The van der Waals surface area contributed by atoms with Crippen LogP contribution in [0.5, 0.6) is 0 Å². The highest BCUT2D eigenvalue weighted by molar-refractivity contribution is 4.83. The molecule has 0 aromatic carbocycles. The molecule has 0 saturated carbocycles. The van der Waals surface area contributed by atoms with Crippen molar-refractivity contribution >= 4 is 0 Å². The van der Waals surface area contributed by atoms with Crippen LogP contribution in [0.4, 0.5) is 0 Å². The van der Waals surface area contributed by atoms with Crippen molar-refractivity contribution in [2.75, 3.05) is 19.8 Å². The maximum absolute atomic E-state index is 5.55. The Hall–Kier alpha value is -0.0800. The molecule has 2 nitrogen and oxygen atoms in total. The molecule has 2 heteroatoms. The SMILES string of the molecule is C[C@H]1CCO[C@H]2COC[C@H]21. The molecule has 0 aromatic heterocycles. The highest BCUT2D eigenvalue weighted by atomic mass is 16.5. The third kappa shape index (κ3) is 0.956. The number of fused-ring (bicyclic) bond motifs is 1. The summed E-state index contributed by atoms with van der Waals surface area (Å²) < 4.78 is 10.9. The van der Waals surface area contributed by atoms with Gasteiger partial charge in [-0.25, -0.2) is 0 Å². The molecular weight excluding hydrogens is 128 g/mol. The lowest BCUT2D eigenvalue weighted by molar-refractivity contribution is -0.0279. The van der Waals surface area contributed by atoms with Gasteiger partial charge in [0.25, 0.3) is 0 Å². The monoisotopic (exact) mass is 142 g/mol. The van der Waals surface area contributed by atoms with E-state index in [0.717, 1.165) is 25.7 Å². The summed E-state index contributed by atoms with van der Waals surface area (Å²) in [4.78, 5) is 0. The van der Waals surface area contributed by atoms with Gasteiger partial charge < -0.3 is 9.47 Å². The van der Waals surface area contributed by atoms with E-state index in [0.29, 0.717) is 12.0 Å². The minimum absolute atomic E-state index is 0.420. The first kappa shape index (κ1) is 6.62. The first-order valence-corrected chi connectivity index (χ1v) is 4.07. The van der Waals surface area contributed by atoms with Crippen molar-refractivity contribution in [2.45, 2.75) is 19.4 Å². The molecule has 10 heavy (non-hydrogen) atoms. The highest BCUT2D eigenvalue weighted by Gasteiger charge is 2.35. The van der Waals surface area contributed by atoms with Crippen LogP contribution in [0, 0.1) is 11.8 Å². The van der Waals surface area contributed by atoms with Gasteiger partial charge in [-0.15, -0.1) is 0 Å². The van der Waals surface area contributed by atoms with Crippen LogP contribution in [0.25, 0.3) is 0 Å². The lowest BCUT2D eigenvalue weighted by atomic mass is 9.87. The van der Waals surface area contributed by atoms with Crippen LogP contribution in [0.2, 0.25) is 0 Å². The summed E-state index contributed by atoms with van der Waals surface area (Å²) >= 11 is 0. The molecule has 0 N–H and O–H groups in total. The lowest BCUT2D eigenvalue weighted by Gasteiger charge is -2.29. The van der Waals surface area contributed by atoms with Crippen molar-refractivity contribution in [3.8, 4) is 0 Å². The Morgan fingerprint density at radius 2 is 2.20 bits per heavy atom. The van der Waals surface area contributed by atoms with Gasteiger partial charge in [0.15, 0.2) is 0 Å². The van der Waals surface area contributed by atoms with Crippen LogP contribution in [0.3, 0.4) is 0 Å². The second-order valence-electron chi connectivity index (χ2n) is 3.38. The van der Waals surface area contributed by atoms with E-state index in [-0.39, 0.29) is 0 Å². The molecular formula is C8H14O2. The fourth-order valence-electron chi connectivity index (χ4n) is 1.87. The van der Waals surface area contributed by atoms with Gasteiger partial charge in [0.2, 0.25) is 0 Å². The van der Waals surface area contributed by atoms with Gasteiger partial charge in [-0.2, -0.15) is 0 Å². The molecule has 0 unspecified atom stereocenters. The summed E-state index contributed by atoms with van der Waals surface area (Å²) in [5, 5.41) is 0. The largest absolute Gasteiger partial charge is 0.378 e. The number of rotatable bonds is 0. The number of ether oxygens (including phenoxy) is 2. The molecule has 2 saturated heterocycles. The summed E-state index contributed by atoms with van der Waals surface area (Å²) in [6.07, 6.45) is 1.63. The minimum Gasteiger partial charge on any atom is -0.378 e. The van der Waals surface area contributed by atoms with Crippen molar-refractivity contribution < 1.29 is 9.47 Å². The Kier molecular flexibility index (Phi) is 1.66. The first-order valence-electron chi connectivity index (χ1n) is 4.07. The molecule has 0 amide bonds. The van der Waals surface area contributed by atoms with Gasteiger partial charge in [-0.05, 0) is 12.3 Å². The van der Waals surface area contributed by atoms with Gasteiger partial charge in [0.1, 0.15) is 0 Å². The van der Waals surface area contributed by atoms with E-state index in [1.54, 1.807) is 0 Å². The molecule has 0 radical (unpaired) electrons. The van der Waals surface area contributed by atoms with Gasteiger partial charge in [-0.3, -0.25) is 0 Å². The van der Waals surface area contributed by atoms with E-state index in [9.17, 15) is 0 Å². The van der Waals surface area contributed by atoms with E-state index in [1.807, 2.05) is 0 Å². The molecule has 2 aliphatic rings. The molecule has 2 rings (SSSR count). The maximum Gasteiger partial charge on any atom is 0.0861 e.